The predicted molar refractivity (Wildman–Crippen MR) is 44.5 cm³/mol. The molecule has 86 valence electrons. The van der Waals surface area contributed by atoms with Gasteiger partial charge in [-0.05, 0) is 29.5 Å². The van der Waals surface area contributed by atoms with Crippen LogP contribution in [0.2, 0.25) is 0 Å². The maximum absolute atomic E-state index is 12.2. The summed E-state index contributed by atoms with van der Waals surface area (Å²) in [6.45, 7) is 0.460. The van der Waals surface area contributed by atoms with E-state index in [2.05, 4.69) is 4.74 Å². The number of hydrogen-bond acceptors (Lipinski definition) is 3. The van der Waals surface area contributed by atoms with Gasteiger partial charge in [-0.2, -0.15) is 21.6 Å². The van der Waals surface area contributed by atoms with E-state index >= 15 is 0 Å². The van der Waals surface area contributed by atoms with Crippen LogP contribution in [0.5, 0.6) is 0 Å². The van der Waals surface area contributed by atoms with E-state index in [0.29, 0.717) is 29.5 Å². The first-order valence-electron chi connectivity index (χ1n) is 2.89. The Bertz CT molecular complexity index is 297. The number of halogens is 6. The van der Waals surface area contributed by atoms with Gasteiger partial charge in [0.15, 0.2) is 0 Å². The van der Waals surface area contributed by atoms with Gasteiger partial charge in [0.25, 0.3) is 6.36 Å². The van der Waals surface area contributed by atoms with Crippen LogP contribution in [-0.2, 0) is 15.0 Å². The van der Waals surface area contributed by atoms with Crippen molar-refractivity contribution in [3.63, 3.8) is 0 Å². The highest BCUT2D eigenvalue weighted by molar-refractivity contribution is 14.1. The maximum atomic E-state index is 12.2. The van der Waals surface area contributed by atoms with Crippen molar-refractivity contribution < 1.29 is 34.6 Å². The average molecular weight is 354 g/mol. The topological polar surface area (TPSA) is 43.4 Å². The van der Waals surface area contributed by atoms with Crippen LogP contribution in [0.1, 0.15) is 6.92 Å². The highest BCUT2D eigenvalue weighted by atomic mass is 127. The molecule has 2 unspecified atom stereocenters. The van der Waals surface area contributed by atoms with Crippen molar-refractivity contribution in [3.8, 4) is 0 Å². The van der Waals surface area contributed by atoms with E-state index < -0.39 is 25.7 Å². The molecule has 0 saturated heterocycles. The molecule has 0 aliphatic heterocycles. The summed E-state index contributed by atoms with van der Waals surface area (Å²) in [6.07, 6.45) is -9.24. The van der Waals surface area contributed by atoms with Gasteiger partial charge in [0.2, 0.25) is 2.94 Å². The zero-order chi connectivity index (χ0) is 11.8. The third kappa shape index (κ3) is 3.81. The summed E-state index contributed by atoms with van der Waals surface area (Å²) >= 11 is 0.712. The first-order valence-corrected chi connectivity index (χ1v) is 5.36. The van der Waals surface area contributed by atoms with Gasteiger partial charge in [0, 0.05) is 0 Å². The molecule has 0 aromatic heterocycles. The van der Waals surface area contributed by atoms with Crippen molar-refractivity contribution in [1.82, 2.24) is 0 Å². The lowest BCUT2D eigenvalue weighted by atomic mass is 10.6. The van der Waals surface area contributed by atoms with Crippen LogP contribution in [-0.4, -0.2) is 23.9 Å². The molecule has 0 rings (SSSR count). The summed E-state index contributed by atoms with van der Waals surface area (Å²) in [4.78, 5) is 0. The minimum Gasteiger partial charge on any atom is -0.306 e. The molecular weight excluding hydrogens is 350 g/mol. The van der Waals surface area contributed by atoms with Gasteiger partial charge in [-0.1, -0.05) is 0 Å². The molecule has 0 aliphatic rings. The van der Waals surface area contributed by atoms with Crippen LogP contribution in [0, 0.1) is 0 Å². The average Bonchev–Trinajstić information content (AvgIpc) is 1.80. The van der Waals surface area contributed by atoms with E-state index in [9.17, 15) is 29.9 Å². The minimum atomic E-state index is -5.43. The van der Waals surface area contributed by atoms with Crippen molar-refractivity contribution in [2.24, 2.45) is 0 Å². The molecule has 0 saturated carbocycles. The Morgan fingerprint density at radius 2 is 1.71 bits per heavy atom. The summed E-state index contributed by atoms with van der Waals surface area (Å²) in [7, 11) is -5.43. The molecular formula is C4H4F5IO3S. The van der Waals surface area contributed by atoms with Crippen LogP contribution < -0.4 is 0 Å². The predicted octanol–water partition coefficient (Wildman–Crippen LogP) is 2.27. The van der Waals surface area contributed by atoms with E-state index in [1.807, 2.05) is 0 Å². The summed E-state index contributed by atoms with van der Waals surface area (Å²) in [6, 6.07) is 0. The maximum Gasteiger partial charge on any atom is 0.445 e. The van der Waals surface area contributed by atoms with Gasteiger partial charge >= 0.3 is 16.4 Å². The largest absolute Gasteiger partial charge is 0.445 e. The highest BCUT2D eigenvalue weighted by Crippen LogP contribution is 2.35. The van der Waals surface area contributed by atoms with Gasteiger partial charge in [-0.15, -0.1) is 3.89 Å². The SMILES string of the molecule is CC(I)(OC(F)C(F)(F)F)S(=O)(=O)F. The molecule has 0 aromatic rings. The Morgan fingerprint density at radius 3 is 1.93 bits per heavy atom. The lowest BCUT2D eigenvalue weighted by molar-refractivity contribution is -0.269. The summed E-state index contributed by atoms with van der Waals surface area (Å²) in [5.74, 6) is 0. The molecule has 0 aromatic carbocycles. The van der Waals surface area contributed by atoms with Crippen LogP contribution in [0.25, 0.3) is 0 Å². The summed E-state index contributed by atoms with van der Waals surface area (Å²) in [5, 5.41) is 0. The number of ether oxygens (including phenoxy) is 1. The normalized spacial score (nSPS) is 20.2. The first-order chi connectivity index (χ1) is 5.88. The van der Waals surface area contributed by atoms with Crippen molar-refractivity contribution in [3.05, 3.63) is 0 Å². The summed E-state index contributed by atoms with van der Waals surface area (Å²) in [5.41, 5.74) is 0. The van der Waals surface area contributed by atoms with E-state index in [1.165, 1.54) is 0 Å². The van der Waals surface area contributed by atoms with E-state index in [1.54, 1.807) is 0 Å². The van der Waals surface area contributed by atoms with Crippen LogP contribution in [0.4, 0.5) is 21.4 Å². The monoisotopic (exact) mass is 354 g/mol. The Labute approximate surface area is 90.0 Å². The van der Waals surface area contributed by atoms with E-state index in [4.69, 9.17) is 0 Å². The fraction of sp³-hybridized carbons (Fsp3) is 1.00. The molecule has 0 spiro atoms. The fourth-order valence-corrected chi connectivity index (χ4v) is 0.732. The van der Waals surface area contributed by atoms with Crippen molar-refractivity contribution in [2.45, 2.75) is 22.4 Å². The second kappa shape index (κ2) is 4.04. The molecule has 0 heterocycles. The third-order valence-electron chi connectivity index (χ3n) is 1.01. The van der Waals surface area contributed by atoms with Crippen molar-refractivity contribution in [2.75, 3.05) is 0 Å². The quantitative estimate of drug-likeness (QED) is 0.338. The number of hydrogen-bond donors (Lipinski definition) is 0. The van der Waals surface area contributed by atoms with Gasteiger partial charge < -0.3 is 4.74 Å². The second-order valence-corrected chi connectivity index (χ2v) is 6.69. The minimum absolute atomic E-state index is 0.460. The van der Waals surface area contributed by atoms with Gasteiger partial charge in [0.1, 0.15) is 0 Å². The van der Waals surface area contributed by atoms with Crippen LogP contribution in [0.15, 0.2) is 0 Å². The lowest BCUT2D eigenvalue weighted by Crippen LogP contribution is -2.38. The molecule has 0 N–H and O–H groups in total. The van der Waals surface area contributed by atoms with E-state index in [0.717, 1.165) is 0 Å². The second-order valence-electron chi connectivity index (χ2n) is 2.25. The molecule has 0 amide bonds. The molecule has 2 atom stereocenters. The van der Waals surface area contributed by atoms with Crippen molar-refractivity contribution in [1.29, 1.82) is 0 Å². The molecule has 0 radical (unpaired) electrons. The Hall–Kier alpha value is 0.290. The lowest BCUT2D eigenvalue weighted by Gasteiger charge is -2.22. The molecule has 10 heteroatoms. The fourth-order valence-electron chi connectivity index (χ4n) is 0.309. The van der Waals surface area contributed by atoms with Crippen molar-refractivity contribution >= 4 is 32.8 Å². The smallest absolute Gasteiger partial charge is 0.306 e. The zero-order valence-corrected chi connectivity index (χ0v) is 9.45. The third-order valence-corrected chi connectivity index (χ3v) is 3.81. The standard InChI is InChI=1S/C4H4F5IO3S/c1-3(10,14(9,11)12)13-2(5)4(6,7)8/h2H,1H3. The molecule has 3 nitrogen and oxygen atoms in total. The Morgan fingerprint density at radius 1 is 1.36 bits per heavy atom. The van der Waals surface area contributed by atoms with Gasteiger partial charge in [0.05, 0.1) is 0 Å². The van der Waals surface area contributed by atoms with Gasteiger partial charge in [-0.3, -0.25) is 0 Å². The highest BCUT2D eigenvalue weighted by Gasteiger charge is 2.49. The molecule has 0 aliphatic carbocycles. The number of rotatable bonds is 3. The number of alkyl halides is 5. The first kappa shape index (κ1) is 14.3. The summed E-state index contributed by atoms with van der Waals surface area (Å²) < 4.78 is 79.9. The van der Waals surface area contributed by atoms with E-state index in [-0.39, 0.29) is 0 Å². The zero-order valence-electron chi connectivity index (χ0n) is 6.48. The van der Waals surface area contributed by atoms with Crippen LogP contribution in [0.3, 0.4) is 0 Å². The van der Waals surface area contributed by atoms with Crippen LogP contribution >= 0.6 is 22.6 Å². The van der Waals surface area contributed by atoms with Gasteiger partial charge in [-0.25, -0.2) is 4.39 Å². The molecule has 0 bridgehead atoms. The molecule has 0 fully saturated rings. The Balaban J connectivity index is 4.71. The Kier molecular flexibility index (Phi) is 4.12. The molecule has 14 heavy (non-hydrogen) atoms.